The lowest BCUT2D eigenvalue weighted by molar-refractivity contribution is 0.950. The van der Waals surface area contributed by atoms with Gasteiger partial charge in [0.25, 0.3) is 0 Å². The Balaban J connectivity index is 2.24. The van der Waals surface area contributed by atoms with E-state index in [1.54, 1.807) is 18.5 Å². The molecule has 0 amide bonds. The number of nitrogens with zero attached hydrogens (tertiary/aromatic N) is 4. The highest BCUT2D eigenvalue weighted by molar-refractivity contribution is 9.10. The van der Waals surface area contributed by atoms with Gasteiger partial charge in [-0.25, -0.2) is 19.9 Å². The second-order valence-corrected chi connectivity index (χ2v) is 4.75. The molecule has 0 aliphatic rings. The van der Waals surface area contributed by atoms with E-state index in [9.17, 15) is 0 Å². The van der Waals surface area contributed by atoms with E-state index in [1.807, 2.05) is 6.92 Å². The second kappa shape index (κ2) is 5.92. The van der Waals surface area contributed by atoms with Crippen LogP contribution in [0.3, 0.4) is 0 Å². The summed E-state index contributed by atoms with van der Waals surface area (Å²) in [7, 11) is 0. The number of hydrogen-bond acceptors (Lipinski definition) is 6. The summed E-state index contributed by atoms with van der Waals surface area (Å²) in [5, 5.41) is 4.60. The summed E-state index contributed by atoms with van der Waals surface area (Å²) in [6.45, 7) is 2.82. The Labute approximate surface area is 112 Å². The molecular formula is C10H10BrN5S. The summed E-state index contributed by atoms with van der Waals surface area (Å²) < 4.78 is 0.833. The zero-order valence-corrected chi connectivity index (χ0v) is 11.5. The molecule has 0 aliphatic carbocycles. The van der Waals surface area contributed by atoms with Crippen molar-refractivity contribution in [3.63, 3.8) is 0 Å². The molecule has 0 saturated heterocycles. The SMILES string of the molecule is CCNc1ncnc(Sc2ncccn2)c1Br. The molecule has 0 atom stereocenters. The molecule has 17 heavy (non-hydrogen) atoms. The summed E-state index contributed by atoms with van der Waals surface area (Å²) >= 11 is 4.87. The van der Waals surface area contributed by atoms with E-state index in [2.05, 4.69) is 41.2 Å². The third-order valence-electron chi connectivity index (χ3n) is 1.83. The summed E-state index contributed by atoms with van der Waals surface area (Å²) in [6.07, 6.45) is 4.93. The van der Waals surface area contributed by atoms with Crippen LogP contribution in [0.5, 0.6) is 0 Å². The van der Waals surface area contributed by atoms with Gasteiger partial charge in [-0.1, -0.05) is 0 Å². The molecule has 0 aliphatic heterocycles. The van der Waals surface area contributed by atoms with Crippen molar-refractivity contribution in [3.8, 4) is 0 Å². The monoisotopic (exact) mass is 311 g/mol. The first kappa shape index (κ1) is 12.3. The van der Waals surface area contributed by atoms with Crippen molar-refractivity contribution in [1.29, 1.82) is 0 Å². The molecule has 0 unspecified atom stereocenters. The van der Waals surface area contributed by atoms with Crippen LogP contribution < -0.4 is 5.32 Å². The van der Waals surface area contributed by atoms with Crippen molar-refractivity contribution in [1.82, 2.24) is 19.9 Å². The van der Waals surface area contributed by atoms with E-state index in [4.69, 9.17) is 0 Å². The van der Waals surface area contributed by atoms with Gasteiger partial charge in [0.2, 0.25) is 0 Å². The van der Waals surface area contributed by atoms with Crippen LogP contribution in [0.25, 0.3) is 0 Å². The molecule has 0 spiro atoms. The van der Waals surface area contributed by atoms with Gasteiger partial charge in [0.1, 0.15) is 17.2 Å². The standard InChI is InChI=1S/C10H10BrN5S/c1-2-12-8-7(11)9(16-6-15-8)17-10-13-4-3-5-14-10/h3-6H,2H2,1H3,(H,12,15,16). The highest BCUT2D eigenvalue weighted by Gasteiger charge is 2.10. The number of rotatable bonds is 4. The van der Waals surface area contributed by atoms with Crippen LogP contribution in [0, 0.1) is 0 Å². The van der Waals surface area contributed by atoms with Crippen molar-refractivity contribution >= 4 is 33.5 Å². The molecule has 0 radical (unpaired) electrons. The van der Waals surface area contributed by atoms with Crippen molar-refractivity contribution < 1.29 is 0 Å². The van der Waals surface area contributed by atoms with Gasteiger partial charge < -0.3 is 5.32 Å². The van der Waals surface area contributed by atoms with Gasteiger partial charge in [0.05, 0.1) is 4.47 Å². The van der Waals surface area contributed by atoms with Gasteiger partial charge in [-0.2, -0.15) is 0 Å². The van der Waals surface area contributed by atoms with E-state index < -0.39 is 0 Å². The number of nitrogens with one attached hydrogen (secondary N) is 1. The van der Waals surface area contributed by atoms with E-state index in [0.717, 1.165) is 21.9 Å². The molecule has 2 aromatic rings. The molecule has 1 N–H and O–H groups in total. The average Bonchev–Trinajstić information content (AvgIpc) is 2.36. The highest BCUT2D eigenvalue weighted by atomic mass is 79.9. The predicted molar refractivity (Wildman–Crippen MR) is 70.1 cm³/mol. The molecule has 2 heterocycles. The van der Waals surface area contributed by atoms with Crippen LogP contribution in [0.4, 0.5) is 5.82 Å². The van der Waals surface area contributed by atoms with Crippen molar-refractivity contribution in [2.45, 2.75) is 17.1 Å². The van der Waals surface area contributed by atoms with E-state index >= 15 is 0 Å². The molecule has 2 aromatic heterocycles. The molecule has 0 aromatic carbocycles. The fraction of sp³-hybridized carbons (Fsp3) is 0.200. The first-order valence-electron chi connectivity index (χ1n) is 5.00. The Morgan fingerprint density at radius 2 is 2.00 bits per heavy atom. The predicted octanol–water partition coefficient (Wildman–Crippen LogP) is 2.61. The van der Waals surface area contributed by atoms with Gasteiger partial charge in [-0.3, -0.25) is 0 Å². The first-order chi connectivity index (χ1) is 8.31. The smallest absolute Gasteiger partial charge is 0.193 e. The zero-order chi connectivity index (χ0) is 12.1. The summed E-state index contributed by atoms with van der Waals surface area (Å²) in [4.78, 5) is 16.6. The number of halogens is 1. The zero-order valence-electron chi connectivity index (χ0n) is 9.09. The van der Waals surface area contributed by atoms with Crippen molar-refractivity contribution in [2.75, 3.05) is 11.9 Å². The molecule has 5 nitrogen and oxygen atoms in total. The normalized spacial score (nSPS) is 10.2. The second-order valence-electron chi connectivity index (χ2n) is 3.01. The minimum atomic E-state index is 0.661. The maximum Gasteiger partial charge on any atom is 0.193 e. The first-order valence-corrected chi connectivity index (χ1v) is 6.61. The third-order valence-corrected chi connectivity index (χ3v) is 3.74. The van der Waals surface area contributed by atoms with Gasteiger partial charge in [-0.05, 0) is 40.7 Å². The molecule has 0 bridgehead atoms. The fourth-order valence-electron chi connectivity index (χ4n) is 1.14. The topological polar surface area (TPSA) is 63.6 Å². The Morgan fingerprint density at radius 1 is 1.24 bits per heavy atom. The van der Waals surface area contributed by atoms with E-state index in [1.165, 1.54) is 18.1 Å². The lowest BCUT2D eigenvalue weighted by Gasteiger charge is -2.07. The lowest BCUT2D eigenvalue weighted by Crippen LogP contribution is -2.01. The van der Waals surface area contributed by atoms with Crippen molar-refractivity contribution in [3.05, 3.63) is 29.3 Å². The lowest BCUT2D eigenvalue weighted by atomic mass is 10.5. The Kier molecular flexibility index (Phi) is 4.27. The minimum Gasteiger partial charge on any atom is -0.369 e. The molecule has 0 fully saturated rings. The van der Waals surface area contributed by atoms with Crippen LogP contribution in [0.15, 0.2) is 39.4 Å². The minimum absolute atomic E-state index is 0.661. The van der Waals surface area contributed by atoms with Crippen LogP contribution in [0.2, 0.25) is 0 Å². The van der Waals surface area contributed by atoms with Gasteiger partial charge in [0.15, 0.2) is 5.16 Å². The number of hydrogen-bond donors (Lipinski definition) is 1. The van der Waals surface area contributed by atoms with E-state index in [-0.39, 0.29) is 0 Å². The molecule has 0 saturated carbocycles. The van der Waals surface area contributed by atoms with E-state index in [0.29, 0.717) is 5.16 Å². The fourth-order valence-corrected chi connectivity index (χ4v) is 2.41. The summed E-state index contributed by atoms with van der Waals surface area (Å²) in [5.74, 6) is 0.779. The largest absolute Gasteiger partial charge is 0.369 e. The molecule has 88 valence electrons. The molecule has 7 heteroatoms. The summed E-state index contributed by atoms with van der Waals surface area (Å²) in [6, 6.07) is 1.78. The highest BCUT2D eigenvalue weighted by Crippen LogP contribution is 2.32. The van der Waals surface area contributed by atoms with Crippen LogP contribution >= 0.6 is 27.7 Å². The molecular weight excluding hydrogens is 302 g/mol. The average molecular weight is 312 g/mol. The quantitative estimate of drug-likeness (QED) is 0.691. The van der Waals surface area contributed by atoms with Crippen molar-refractivity contribution in [2.24, 2.45) is 0 Å². The van der Waals surface area contributed by atoms with Crippen LogP contribution in [0.1, 0.15) is 6.92 Å². The maximum absolute atomic E-state index is 4.20. The van der Waals surface area contributed by atoms with Gasteiger partial charge >= 0.3 is 0 Å². The van der Waals surface area contributed by atoms with Crippen LogP contribution in [-0.4, -0.2) is 26.5 Å². The number of aromatic nitrogens is 4. The third kappa shape index (κ3) is 3.13. The maximum atomic E-state index is 4.20. The summed E-state index contributed by atoms with van der Waals surface area (Å²) in [5.41, 5.74) is 0. The van der Waals surface area contributed by atoms with Gasteiger partial charge in [-0.15, -0.1) is 0 Å². The van der Waals surface area contributed by atoms with Gasteiger partial charge in [0, 0.05) is 18.9 Å². The Hall–Kier alpha value is -1.21. The Bertz CT molecular complexity index is 493. The molecule has 2 rings (SSSR count). The van der Waals surface area contributed by atoms with Crippen LogP contribution in [-0.2, 0) is 0 Å². The number of anilines is 1. The Morgan fingerprint density at radius 3 is 2.71 bits per heavy atom.